The molecule has 1 heterocycles. The summed E-state index contributed by atoms with van der Waals surface area (Å²) in [7, 11) is 1.41. The number of alkyl halides is 1. The van der Waals surface area contributed by atoms with Crippen LogP contribution in [0.15, 0.2) is 24.3 Å². The lowest BCUT2D eigenvalue weighted by atomic mass is 10.2. The molecular weight excluding hydrogens is 270 g/mol. The molecule has 0 bridgehead atoms. The van der Waals surface area contributed by atoms with Gasteiger partial charge in [0.05, 0.1) is 7.11 Å². The normalized spacial score (nSPS) is 15.8. The smallest absolute Gasteiger partial charge is 0.321 e. The molecule has 2 rings (SSSR count). The number of methoxy groups -OCH3 is 1. The Morgan fingerprint density at radius 3 is 3.06 bits per heavy atom. The zero-order chi connectivity index (χ0) is 11.5. The molecule has 0 radical (unpaired) electrons. The number of anilines is 1. The largest absolute Gasteiger partial charge is 0.468 e. The van der Waals surface area contributed by atoms with Gasteiger partial charge in [0.15, 0.2) is 0 Å². The van der Waals surface area contributed by atoms with Crippen molar-refractivity contribution in [3.63, 3.8) is 0 Å². The summed E-state index contributed by atoms with van der Waals surface area (Å²) in [4.78, 5) is 13.3. The second-order valence-corrected chi connectivity index (χ2v) is 4.92. The summed E-state index contributed by atoms with van der Waals surface area (Å²) in [5, 5.41) is 0. The molecular formula is C12H14BrNO2. The van der Waals surface area contributed by atoms with Gasteiger partial charge in [-0.3, -0.25) is 4.79 Å². The third-order valence-corrected chi connectivity index (χ3v) is 3.48. The number of ether oxygens (including phenoxy) is 1. The van der Waals surface area contributed by atoms with Crippen molar-refractivity contribution in [2.75, 3.05) is 25.1 Å². The second-order valence-electron chi connectivity index (χ2n) is 3.82. The predicted octanol–water partition coefficient (Wildman–Crippen LogP) is 1.99. The maximum Gasteiger partial charge on any atom is 0.321 e. The van der Waals surface area contributed by atoms with Crippen molar-refractivity contribution in [2.45, 2.75) is 11.2 Å². The summed E-state index contributed by atoms with van der Waals surface area (Å²) in [5.74, 6) is -0.218. The van der Waals surface area contributed by atoms with E-state index in [0.717, 1.165) is 13.0 Å². The average molecular weight is 284 g/mol. The van der Waals surface area contributed by atoms with Crippen LogP contribution in [0.25, 0.3) is 0 Å². The van der Waals surface area contributed by atoms with Crippen LogP contribution in [0.4, 0.5) is 5.69 Å². The monoisotopic (exact) mass is 283 g/mol. The summed E-state index contributed by atoms with van der Waals surface area (Å²) in [6, 6.07) is 8.31. The summed E-state index contributed by atoms with van der Waals surface area (Å²) in [6.07, 6.45) is 1.05. The van der Waals surface area contributed by atoms with E-state index in [-0.39, 0.29) is 10.8 Å². The van der Waals surface area contributed by atoms with Crippen molar-refractivity contribution < 1.29 is 9.53 Å². The molecule has 1 unspecified atom stereocenters. The lowest BCUT2D eigenvalue weighted by Crippen LogP contribution is -2.33. The summed E-state index contributed by atoms with van der Waals surface area (Å²) < 4.78 is 4.70. The molecule has 1 aliphatic heterocycles. The number of hydrogen-bond donors (Lipinski definition) is 0. The first-order valence-corrected chi connectivity index (χ1v) is 6.18. The number of hydrogen-bond acceptors (Lipinski definition) is 3. The predicted molar refractivity (Wildman–Crippen MR) is 67.1 cm³/mol. The number of benzene rings is 1. The molecule has 0 saturated heterocycles. The SMILES string of the molecule is COC(=O)C(Br)CN1CCc2ccccc21. The van der Waals surface area contributed by atoms with E-state index < -0.39 is 0 Å². The van der Waals surface area contributed by atoms with Gasteiger partial charge in [-0.25, -0.2) is 0 Å². The molecule has 0 aromatic heterocycles. The van der Waals surface area contributed by atoms with E-state index in [4.69, 9.17) is 4.74 Å². The van der Waals surface area contributed by atoms with Gasteiger partial charge < -0.3 is 9.64 Å². The Labute approximate surface area is 104 Å². The van der Waals surface area contributed by atoms with E-state index >= 15 is 0 Å². The lowest BCUT2D eigenvalue weighted by Gasteiger charge is -2.21. The van der Waals surface area contributed by atoms with E-state index in [0.29, 0.717) is 6.54 Å². The van der Waals surface area contributed by atoms with Gasteiger partial charge in [0.25, 0.3) is 0 Å². The van der Waals surface area contributed by atoms with Gasteiger partial charge in [0.1, 0.15) is 4.83 Å². The van der Waals surface area contributed by atoms with Crippen molar-refractivity contribution >= 4 is 27.6 Å². The Kier molecular flexibility index (Phi) is 3.49. The molecule has 3 nitrogen and oxygen atoms in total. The van der Waals surface area contributed by atoms with Crippen LogP contribution in [0.3, 0.4) is 0 Å². The Hall–Kier alpha value is -1.03. The molecule has 1 aliphatic rings. The minimum atomic E-state index is -0.261. The highest BCUT2D eigenvalue weighted by Crippen LogP contribution is 2.28. The Morgan fingerprint density at radius 2 is 2.31 bits per heavy atom. The first-order valence-electron chi connectivity index (χ1n) is 5.27. The van der Waals surface area contributed by atoms with Crippen LogP contribution in [0.1, 0.15) is 5.56 Å². The van der Waals surface area contributed by atoms with Crippen LogP contribution >= 0.6 is 15.9 Å². The molecule has 1 aromatic carbocycles. The zero-order valence-corrected chi connectivity index (χ0v) is 10.7. The van der Waals surface area contributed by atoms with Crippen molar-refractivity contribution in [3.05, 3.63) is 29.8 Å². The standard InChI is InChI=1S/C12H14BrNO2/c1-16-12(15)10(13)8-14-7-6-9-4-2-3-5-11(9)14/h2-5,10H,6-8H2,1H3. The Balaban J connectivity index is 2.06. The molecule has 4 heteroatoms. The molecule has 0 spiro atoms. The number of carbonyl (C=O) groups excluding carboxylic acids is 1. The molecule has 0 saturated carbocycles. The highest BCUT2D eigenvalue weighted by Gasteiger charge is 2.24. The maximum absolute atomic E-state index is 11.3. The summed E-state index contributed by atoms with van der Waals surface area (Å²) in [5.41, 5.74) is 2.59. The number of carbonyl (C=O) groups is 1. The number of rotatable bonds is 3. The first kappa shape index (κ1) is 11.5. The second kappa shape index (κ2) is 4.87. The van der Waals surface area contributed by atoms with Gasteiger partial charge in [-0.15, -0.1) is 0 Å². The van der Waals surface area contributed by atoms with Crippen LogP contribution < -0.4 is 4.90 Å². The lowest BCUT2D eigenvalue weighted by molar-refractivity contribution is -0.139. The molecule has 86 valence electrons. The Bertz CT molecular complexity index is 394. The van der Waals surface area contributed by atoms with Crippen molar-refractivity contribution in [1.82, 2.24) is 0 Å². The maximum atomic E-state index is 11.3. The minimum absolute atomic E-state index is 0.218. The number of nitrogens with zero attached hydrogens (tertiary/aromatic N) is 1. The van der Waals surface area contributed by atoms with Gasteiger partial charge in [-0.2, -0.15) is 0 Å². The number of halogens is 1. The number of fused-ring (bicyclic) bond motifs is 1. The highest BCUT2D eigenvalue weighted by atomic mass is 79.9. The van der Waals surface area contributed by atoms with Crippen LogP contribution in [0.5, 0.6) is 0 Å². The van der Waals surface area contributed by atoms with E-state index in [1.807, 2.05) is 12.1 Å². The van der Waals surface area contributed by atoms with Crippen LogP contribution in [-0.2, 0) is 16.0 Å². The van der Waals surface area contributed by atoms with Gasteiger partial charge in [-0.1, -0.05) is 34.1 Å². The highest BCUT2D eigenvalue weighted by molar-refractivity contribution is 9.10. The van der Waals surface area contributed by atoms with Crippen LogP contribution in [0, 0.1) is 0 Å². The fourth-order valence-corrected chi connectivity index (χ4v) is 2.53. The van der Waals surface area contributed by atoms with Gasteiger partial charge >= 0.3 is 5.97 Å². The van der Waals surface area contributed by atoms with Crippen molar-refractivity contribution in [1.29, 1.82) is 0 Å². The van der Waals surface area contributed by atoms with Crippen LogP contribution in [-0.4, -0.2) is 31.0 Å². The van der Waals surface area contributed by atoms with Crippen molar-refractivity contribution in [3.8, 4) is 0 Å². The molecule has 1 atom stereocenters. The first-order chi connectivity index (χ1) is 7.72. The van der Waals surface area contributed by atoms with Gasteiger partial charge in [0, 0.05) is 18.8 Å². The molecule has 0 fully saturated rings. The van der Waals surface area contributed by atoms with Gasteiger partial charge in [0.2, 0.25) is 0 Å². The van der Waals surface area contributed by atoms with E-state index in [2.05, 4.69) is 33.0 Å². The number of para-hydroxylation sites is 1. The third-order valence-electron chi connectivity index (χ3n) is 2.82. The number of esters is 1. The molecule has 0 amide bonds. The average Bonchev–Trinajstić information content (AvgIpc) is 2.72. The van der Waals surface area contributed by atoms with E-state index in [9.17, 15) is 4.79 Å². The zero-order valence-electron chi connectivity index (χ0n) is 9.15. The minimum Gasteiger partial charge on any atom is -0.468 e. The topological polar surface area (TPSA) is 29.5 Å². The van der Waals surface area contributed by atoms with Crippen molar-refractivity contribution in [2.24, 2.45) is 0 Å². The molecule has 1 aromatic rings. The summed E-state index contributed by atoms with van der Waals surface area (Å²) in [6.45, 7) is 1.63. The fourth-order valence-electron chi connectivity index (χ4n) is 1.99. The van der Waals surface area contributed by atoms with E-state index in [1.165, 1.54) is 18.4 Å². The Morgan fingerprint density at radius 1 is 1.56 bits per heavy atom. The third kappa shape index (κ3) is 2.21. The molecule has 16 heavy (non-hydrogen) atoms. The molecule has 0 aliphatic carbocycles. The van der Waals surface area contributed by atoms with Crippen LogP contribution in [0.2, 0.25) is 0 Å². The van der Waals surface area contributed by atoms with E-state index in [1.54, 1.807) is 0 Å². The summed E-state index contributed by atoms with van der Waals surface area (Å²) >= 11 is 3.35. The fraction of sp³-hybridized carbons (Fsp3) is 0.417. The molecule has 0 N–H and O–H groups in total. The quantitative estimate of drug-likeness (QED) is 0.628. The van der Waals surface area contributed by atoms with Gasteiger partial charge in [-0.05, 0) is 18.1 Å².